The molecule has 0 bridgehead atoms. The van der Waals surface area contributed by atoms with E-state index in [-0.39, 0.29) is 11.9 Å². The highest BCUT2D eigenvalue weighted by atomic mass is 19.1. The molecule has 6 heterocycles. The molecule has 0 unspecified atom stereocenters. The SMILES string of the molecule is CC(C)Nc1cncc(-c2cnc3n[nH]c(-c4nc5nccc(-c6cc(F)cc(OCCN7CCCC7)c6)c5[nH]4)c3c2)c1. The average molecular weight is 578 g/mol. The van der Waals surface area contributed by atoms with Crippen molar-refractivity contribution in [3.05, 3.63) is 67.0 Å². The molecule has 218 valence electrons. The molecule has 10 nitrogen and oxygen atoms in total. The Kier molecular flexibility index (Phi) is 7.15. The van der Waals surface area contributed by atoms with Gasteiger partial charge in [-0.25, -0.2) is 19.3 Å². The Bertz CT molecular complexity index is 1910. The molecule has 43 heavy (non-hydrogen) atoms. The molecule has 1 aliphatic rings. The number of imidazole rings is 1. The third kappa shape index (κ3) is 5.63. The predicted octanol–water partition coefficient (Wildman–Crippen LogP) is 6.06. The lowest BCUT2D eigenvalue weighted by atomic mass is 10.1. The van der Waals surface area contributed by atoms with Gasteiger partial charge in [-0.2, -0.15) is 5.10 Å². The summed E-state index contributed by atoms with van der Waals surface area (Å²) in [5, 5.41) is 11.7. The minimum atomic E-state index is -0.362. The second kappa shape index (κ2) is 11.4. The van der Waals surface area contributed by atoms with Crippen molar-refractivity contribution in [2.75, 3.05) is 31.6 Å². The van der Waals surface area contributed by atoms with Crippen LogP contribution in [0.3, 0.4) is 0 Å². The molecule has 1 fully saturated rings. The number of pyridine rings is 3. The lowest BCUT2D eigenvalue weighted by Gasteiger charge is -2.15. The van der Waals surface area contributed by atoms with Crippen molar-refractivity contribution in [2.24, 2.45) is 0 Å². The summed E-state index contributed by atoms with van der Waals surface area (Å²) >= 11 is 0. The summed E-state index contributed by atoms with van der Waals surface area (Å²) in [6, 6.07) is 11.0. The quantitative estimate of drug-likeness (QED) is 0.190. The van der Waals surface area contributed by atoms with E-state index in [9.17, 15) is 4.39 Å². The van der Waals surface area contributed by atoms with Crippen LogP contribution in [0.15, 0.2) is 61.2 Å². The van der Waals surface area contributed by atoms with Gasteiger partial charge in [0.05, 0.1) is 16.6 Å². The van der Waals surface area contributed by atoms with Crippen LogP contribution in [-0.4, -0.2) is 72.3 Å². The molecule has 6 aromatic rings. The summed E-state index contributed by atoms with van der Waals surface area (Å²) in [5.41, 5.74) is 6.68. The average Bonchev–Trinajstić information content (AvgIpc) is 3.76. The molecule has 0 saturated carbocycles. The zero-order valence-electron chi connectivity index (χ0n) is 24.1. The van der Waals surface area contributed by atoms with Crippen LogP contribution in [0.25, 0.3) is 56.0 Å². The first kappa shape index (κ1) is 27.0. The first-order valence-electron chi connectivity index (χ1n) is 14.6. The van der Waals surface area contributed by atoms with Gasteiger partial charge in [0.1, 0.15) is 23.9 Å². The van der Waals surface area contributed by atoms with Crippen LogP contribution in [0.5, 0.6) is 5.75 Å². The number of ether oxygens (including phenoxy) is 1. The summed E-state index contributed by atoms with van der Waals surface area (Å²) in [7, 11) is 0. The zero-order valence-corrected chi connectivity index (χ0v) is 24.1. The molecule has 0 aliphatic carbocycles. The van der Waals surface area contributed by atoms with E-state index in [1.807, 2.05) is 24.4 Å². The molecule has 0 atom stereocenters. The van der Waals surface area contributed by atoms with E-state index in [2.05, 4.69) is 60.3 Å². The molecule has 1 aromatic carbocycles. The first-order chi connectivity index (χ1) is 21.0. The van der Waals surface area contributed by atoms with Gasteiger partial charge in [0, 0.05) is 60.1 Å². The number of likely N-dealkylation sites (tertiary alicyclic amines) is 1. The van der Waals surface area contributed by atoms with Crippen molar-refractivity contribution in [3.63, 3.8) is 0 Å². The number of halogens is 1. The topological polar surface area (TPSA) is 121 Å². The number of rotatable bonds is 9. The van der Waals surface area contributed by atoms with Gasteiger partial charge in [-0.1, -0.05) is 0 Å². The molecular weight excluding hydrogens is 545 g/mol. The van der Waals surface area contributed by atoms with E-state index in [4.69, 9.17) is 9.72 Å². The number of nitrogens with one attached hydrogen (secondary N) is 3. The van der Waals surface area contributed by atoms with Crippen molar-refractivity contribution in [3.8, 4) is 39.5 Å². The van der Waals surface area contributed by atoms with Crippen LogP contribution in [0.4, 0.5) is 10.1 Å². The van der Waals surface area contributed by atoms with Crippen molar-refractivity contribution in [2.45, 2.75) is 32.7 Å². The lowest BCUT2D eigenvalue weighted by molar-refractivity contribution is 0.237. The minimum absolute atomic E-state index is 0.288. The van der Waals surface area contributed by atoms with E-state index in [1.165, 1.54) is 25.0 Å². The van der Waals surface area contributed by atoms with Crippen LogP contribution in [0.1, 0.15) is 26.7 Å². The molecule has 0 spiro atoms. The normalized spacial score (nSPS) is 13.9. The van der Waals surface area contributed by atoms with Gasteiger partial charge in [-0.05, 0) is 75.7 Å². The third-order valence-electron chi connectivity index (χ3n) is 7.62. The number of fused-ring (bicyclic) bond motifs is 2. The number of H-pyrrole nitrogens is 2. The molecule has 0 amide bonds. The largest absolute Gasteiger partial charge is 0.492 e. The highest BCUT2D eigenvalue weighted by molar-refractivity contribution is 5.96. The Morgan fingerprint density at radius 2 is 1.84 bits per heavy atom. The number of aromatic nitrogens is 7. The zero-order chi connectivity index (χ0) is 29.3. The summed E-state index contributed by atoms with van der Waals surface area (Å²) < 4.78 is 20.7. The Morgan fingerprint density at radius 1 is 0.977 bits per heavy atom. The number of nitrogens with zero attached hydrogens (tertiary/aromatic N) is 6. The highest BCUT2D eigenvalue weighted by Gasteiger charge is 2.18. The molecule has 3 N–H and O–H groups in total. The van der Waals surface area contributed by atoms with Crippen molar-refractivity contribution < 1.29 is 9.13 Å². The van der Waals surface area contributed by atoms with Gasteiger partial charge in [-0.3, -0.25) is 15.0 Å². The van der Waals surface area contributed by atoms with E-state index in [0.717, 1.165) is 47.4 Å². The molecule has 11 heteroatoms. The fraction of sp³-hybridized carbons (Fsp3) is 0.281. The second-order valence-corrected chi connectivity index (χ2v) is 11.2. The Labute approximate surface area is 247 Å². The molecular formula is C32H32FN9O. The number of hydrogen-bond acceptors (Lipinski definition) is 8. The lowest BCUT2D eigenvalue weighted by Crippen LogP contribution is -2.25. The van der Waals surface area contributed by atoms with Gasteiger partial charge in [0.2, 0.25) is 0 Å². The Hall–Kier alpha value is -4.90. The van der Waals surface area contributed by atoms with E-state index in [0.29, 0.717) is 46.2 Å². The second-order valence-electron chi connectivity index (χ2n) is 11.2. The molecule has 0 radical (unpaired) electrons. The summed E-state index contributed by atoms with van der Waals surface area (Å²) in [4.78, 5) is 24.0. The highest BCUT2D eigenvalue weighted by Crippen LogP contribution is 2.33. The van der Waals surface area contributed by atoms with E-state index < -0.39 is 0 Å². The molecule has 5 aromatic heterocycles. The van der Waals surface area contributed by atoms with Gasteiger partial charge < -0.3 is 15.0 Å². The maximum absolute atomic E-state index is 14.7. The molecule has 1 saturated heterocycles. The monoisotopic (exact) mass is 577 g/mol. The number of benzene rings is 1. The van der Waals surface area contributed by atoms with Crippen molar-refractivity contribution in [1.82, 2.24) is 40.0 Å². The molecule has 7 rings (SSSR count). The predicted molar refractivity (Wildman–Crippen MR) is 165 cm³/mol. The number of anilines is 1. The van der Waals surface area contributed by atoms with Crippen LogP contribution >= 0.6 is 0 Å². The van der Waals surface area contributed by atoms with Crippen LogP contribution in [-0.2, 0) is 0 Å². The van der Waals surface area contributed by atoms with Gasteiger partial charge in [0.15, 0.2) is 17.1 Å². The maximum Gasteiger partial charge on any atom is 0.181 e. The number of hydrogen-bond donors (Lipinski definition) is 3. The summed E-state index contributed by atoms with van der Waals surface area (Å²) in [6.45, 7) is 7.71. The Morgan fingerprint density at radius 3 is 2.70 bits per heavy atom. The van der Waals surface area contributed by atoms with Crippen molar-refractivity contribution in [1.29, 1.82) is 0 Å². The fourth-order valence-electron chi connectivity index (χ4n) is 5.62. The van der Waals surface area contributed by atoms with E-state index >= 15 is 0 Å². The van der Waals surface area contributed by atoms with Crippen LogP contribution in [0.2, 0.25) is 0 Å². The standard InChI is InChI=1S/C32H32FN9O/c1-19(2)37-24-12-21(16-34-18-24)22-14-27-29(40-41-30(27)36-17-22)32-38-28-26(5-6-35-31(28)39-32)20-11-23(33)15-25(13-20)43-10-9-42-7-3-4-8-42/h5-6,11-19,37H,3-4,7-10H2,1-2H3,(H,35,38,39)(H,36,40,41). The molecule has 1 aliphatic heterocycles. The van der Waals surface area contributed by atoms with Gasteiger partial charge >= 0.3 is 0 Å². The van der Waals surface area contributed by atoms with E-state index in [1.54, 1.807) is 18.6 Å². The van der Waals surface area contributed by atoms with Gasteiger partial charge in [0.25, 0.3) is 0 Å². The van der Waals surface area contributed by atoms with Gasteiger partial charge in [-0.15, -0.1) is 0 Å². The first-order valence-corrected chi connectivity index (χ1v) is 14.6. The Balaban J connectivity index is 1.21. The van der Waals surface area contributed by atoms with Crippen LogP contribution in [0, 0.1) is 5.82 Å². The van der Waals surface area contributed by atoms with Crippen molar-refractivity contribution >= 4 is 27.9 Å². The number of aromatic amines is 2. The maximum atomic E-state index is 14.7. The fourth-order valence-corrected chi connectivity index (χ4v) is 5.62. The minimum Gasteiger partial charge on any atom is -0.492 e. The summed E-state index contributed by atoms with van der Waals surface area (Å²) in [5.74, 6) is 0.696. The van der Waals surface area contributed by atoms with Crippen LogP contribution < -0.4 is 10.1 Å². The third-order valence-corrected chi connectivity index (χ3v) is 7.62. The summed E-state index contributed by atoms with van der Waals surface area (Å²) in [6.07, 6.45) is 9.53. The smallest absolute Gasteiger partial charge is 0.181 e.